The molecule has 0 atom stereocenters. The molecule has 0 saturated carbocycles. The summed E-state index contributed by atoms with van der Waals surface area (Å²) < 4.78 is 0.948. The van der Waals surface area contributed by atoms with Crippen LogP contribution in [0.15, 0.2) is 0 Å². The Balaban J connectivity index is -0.000000180. The second-order valence-corrected chi connectivity index (χ2v) is 4.58. The zero-order valence-electron chi connectivity index (χ0n) is 9.17. The number of thiocarbonyl (C=S) groups is 2. The topological polar surface area (TPSA) is 24.1 Å². The van der Waals surface area contributed by atoms with Crippen LogP contribution in [0.5, 0.6) is 0 Å². The van der Waals surface area contributed by atoms with Gasteiger partial charge in [0.15, 0.2) is 0 Å². The summed E-state index contributed by atoms with van der Waals surface area (Å²) in [5.41, 5.74) is 0. The summed E-state index contributed by atoms with van der Waals surface area (Å²) >= 11 is 18.3. The molecule has 0 aliphatic carbocycles. The molecule has 0 heterocycles. The van der Waals surface area contributed by atoms with Crippen LogP contribution in [0.2, 0.25) is 0 Å². The van der Waals surface area contributed by atoms with Crippen molar-refractivity contribution in [2.75, 3.05) is 13.1 Å². The van der Waals surface area contributed by atoms with E-state index < -0.39 is 0 Å². The van der Waals surface area contributed by atoms with E-state index in [1.165, 1.54) is 0 Å². The van der Waals surface area contributed by atoms with Gasteiger partial charge < -0.3 is 60.3 Å². The van der Waals surface area contributed by atoms with Crippen molar-refractivity contribution in [2.45, 2.75) is 26.7 Å². The number of nitrogens with one attached hydrogen (secondary N) is 2. The molecule has 0 aromatic heterocycles. The Morgan fingerprint density at radius 2 is 1.20 bits per heavy atom. The summed E-state index contributed by atoms with van der Waals surface area (Å²) in [5, 5.41) is 5.68. The van der Waals surface area contributed by atoms with Gasteiger partial charge in [-0.3, -0.25) is 0 Å². The maximum absolute atomic E-state index is 4.56. The summed E-state index contributed by atoms with van der Waals surface area (Å²) in [4.78, 5) is 0. The third-order valence-corrected chi connectivity index (χ3v) is 1.62. The predicted molar refractivity (Wildman–Crippen MR) is 76.5 cm³/mol. The molecule has 2 N–H and O–H groups in total. The molecule has 0 bridgehead atoms. The first-order valence-corrected chi connectivity index (χ1v) is 6.07. The molecule has 7 heteroatoms. The molecule has 0 aliphatic heterocycles. The fraction of sp³-hybridized carbons (Fsp3) is 0.750. The Bertz CT molecular complexity index is 149. The van der Waals surface area contributed by atoms with Gasteiger partial charge in [0.05, 0.1) is 0 Å². The van der Waals surface area contributed by atoms with E-state index in [9.17, 15) is 0 Å². The van der Waals surface area contributed by atoms with Gasteiger partial charge in [-0.1, -0.05) is 22.5 Å². The summed E-state index contributed by atoms with van der Waals surface area (Å²) in [6, 6.07) is 0. The molecule has 0 rings (SSSR count). The largest absolute Gasteiger partial charge is 2.00 e. The molecule has 0 unspecified atom stereocenters. The average molecular weight is 334 g/mol. The Kier molecular flexibility index (Phi) is 24.3. The molecule has 0 fully saturated rings. The third-order valence-electron chi connectivity index (χ3n) is 1.04. The van der Waals surface area contributed by atoms with Crippen LogP contribution in [0.4, 0.5) is 0 Å². The maximum Gasteiger partial charge on any atom is 2.00 e. The zero-order valence-corrected chi connectivity index (χ0v) is 15.4. The monoisotopic (exact) mass is 332 g/mol. The molecule has 0 aliphatic rings. The van der Waals surface area contributed by atoms with Crippen LogP contribution in [0.1, 0.15) is 26.7 Å². The van der Waals surface area contributed by atoms with Crippen LogP contribution in [-0.4, -0.2) is 21.7 Å². The zero-order chi connectivity index (χ0) is 11.4. The van der Waals surface area contributed by atoms with Crippen molar-refractivity contribution in [3.8, 4) is 0 Å². The molecule has 0 saturated heterocycles. The smallest absolute Gasteiger partial charge is 0.412 e. The van der Waals surface area contributed by atoms with Crippen LogP contribution >= 0.6 is 24.4 Å². The molecule has 0 aromatic rings. The van der Waals surface area contributed by atoms with Gasteiger partial charge in [-0.2, -0.15) is 0 Å². The maximum atomic E-state index is 4.56. The molecular weight excluding hydrogens is 318 g/mol. The normalized spacial score (nSPS) is 7.60. The van der Waals surface area contributed by atoms with Crippen LogP contribution in [0.25, 0.3) is 0 Å². The van der Waals surface area contributed by atoms with Gasteiger partial charge in [-0.15, -0.1) is 0 Å². The predicted octanol–water partition coefficient (Wildman–Crippen LogP) is 1.63. The van der Waals surface area contributed by atoms with Crippen molar-refractivity contribution < 1.29 is 19.5 Å². The van der Waals surface area contributed by atoms with Gasteiger partial charge >= 0.3 is 19.5 Å². The third kappa shape index (κ3) is 31.3. The SMILES string of the molecule is CCCNC(=S)[S-].CCCNC(=S)[S-].[Zn+2]. The Labute approximate surface area is 127 Å². The average Bonchev–Trinajstić information content (AvgIpc) is 2.12. The van der Waals surface area contributed by atoms with Gasteiger partial charge in [0.2, 0.25) is 0 Å². The van der Waals surface area contributed by atoms with Crippen LogP contribution < -0.4 is 10.6 Å². The Hall–Kier alpha value is 0.843. The van der Waals surface area contributed by atoms with Gasteiger partial charge in [0, 0.05) is 13.1 Å². The minimum absolute atomic E-state index is 0. The molecule has 0 aromatic carbocycles. The minimum Gasteiger partial charge on any atom is -0.412 e. The van der Waals surface area contributed by atoms with Crippen molar-refractivity contribution in [3.05, 3.63) is 0 Å². The van der Waals surface area contributed by atoms with E-state index in [1.54, 1.807) is 0 Å². The van der Waals surface area contributed by atoms with Gasteiger partial charge in [0.1, 0.15) is 0 Å². The van der Waals surface area contributed by atoms with Crippen molar-refractivity contribution >= 4 is 58.3 Å². The van der Waals surface area contributed by atoms with E-state index >= 15 is 0 Å². The molecule has 15 heavy (non-hydrogen) atoms. The quantitative estimate of drug-likeness (QED) is 0.461. The second-order valence-electron chi connectivity index (χ2n) is 2.43. The van der Waals surface area contributed by atoms with E-state index in [4.69, 9.17) is 0 Å². The molecular formula is C8H16N2S4Zn. The molecule has 0 spiro atoms. The van der Waals surface area contributed by atoms with E-state index in [1.807, 2.05) is 0 Å². The minimum atomic E-state index is 0. The Morgan fingerprint density at radius 1 is 0.933 bits per heavy atom. The van der Waals surface area contributed by atoms with Crippen molar-refractivity contribution in [3.63, 3.8) is 0 Å². The first-order chi connectivity index (χ1) is 6.54. The first-order valence-electron chi connectivity index (χ1n) is 4.44. The summed E-state index contributed by atoms with van der Waals surface area (Å²) in [7, 11) is 0. The van der Waals surface area contributed by atoms with E-state index in [0.717, 1.165) is 25.9 Å². The molecule has 2 nitrogen and oxygen atoms in total. The van der Waals surface area contributed by atoms with Crippen LogP contribution in [-0.2, 0) is 44.7 Å². The molecule has 0 radical (unpaired) electrons. The first kappa shape index (κ1) is 21.2. The van der Waals surface area contributed by atoms with E-state index in [-0.39, 0.29) is 19.5 Å². The van der Waals surface area contributed by atoms with Crippen molar-refractivity contribution in [1.82, 2.24) is 10.6 Å². The fourth-order valence-electron chi connectivity index (χ4n) is 0.454. The van der Waals surface area contributed by atoms with E-state index in [2.05, 4.69) is 74.2 Å². The van der Waals surface area contributed by atoms with Crippen LogP contribution in [0.3, 0.4) is 0 Å². The Morgan fingerprint density at radius 3 is 1.27 bits per heavy atom. The van der Waals surface area contributed by atoms with Crippen molar-refractivity contribution in [2.24, 2.45) is 0 Å². The number of hydrogen-bond acceptors (Lipinski definition) is 4. The standard InChI is InChI=1S/2C4H9NS2.Zn/c2*1-2-3-5-4(6)7;/h2*2-3H2,1H3,(H2,5,6,7);/q;;+2/p-2. The fourth-order valence-corrected chi connectivity index (χ4v) is 0.862. The summed E-state index contributed by atoms with van der Waals surface area (Å²) in [6.07, 6.45) is 2.16. The molecule has 0 amide bonds. The summed E-state index contributed by atoms with van der Waals surface area (Å²) in [5.74, 6) is 0. The second kappa shape index (κ2) is 17.2. The number of hydrogen-bond donors (Lipinski definition) is 2. The van der Waals surface area contributed by atoms with Crippen molar-refractivity contribution in [1.29, 1.82) is 0 Å². The van der Waals surface area contributed by atoms with Crippen LogP contribution in [0, 0.1) is 0 Å². The summed E-state index contributed by atoms with van der Waals surface area (Å²) in [6.45, 7) is 5.95. The molecule has 84 valence electrons. The van der Waals surface area contributed by atoms with E-state index in [0.29, 0.717) is 8.64 Å². The van der Waals surface area contributed by atoms with Gasteiger partial charge in [-0.25, -0.2) is 0 Å². The van der Waals surface area contributed by atoms with Gasteiger partial charge in [-0.05, 0) is 12.8 Å². The van der Waals surface area contributed by atoms with Gasteiger partial charge in [0.25, 0.3) is 0 Å². The number of rotatable bonds is 4.